The minimum absolute atomic E-state index is 0. The van der Waals surface area contributed by atoms with Crippen LogP contribution in [0.1, 0.15) is 40.5 Å². The van der Waals surface area contributed by atoms with Gasteiger partial charge in [0.1, 0.15) is 0 Å². The van der Waals surface area contributed by atoms with Crippen molar-refractivity contribution in [3.63, 3.8) is 0 Å². The van der Waals surface area contributed by atoms with Crippen LogP contribution in [0, 0.1) is 5.41 Å². The largest absolute Gasteiger partial charge is 0.359 e. The first-order valence-corrected chi connectivity index (χ1v) is 6.72. The second-order valence-electron chi connectivity index (χ2n) is 4.94. The van der Waals surface area contributed by atoms with E-state index in [0.29, 0.717) is 6.54 Å². The van der Waals surface area contributed by atoms with Gasteiger partial charge in [0, 0.05) is 20.1 Å². The summed E-state index contributed by atoms with van der Waals surface area (Å²) in [5, 5.41) is 9.10. The summed E-state index contributed by atoms with van der Waals surface area (Å²) in [6.07, 6.45) is 2.26. The van der Waals surface area contributed by atoms with Gasteiger partial charge in [-0.25, -0.2) is 0 Å². The van der Waals surface area contributed by atoms with Gasteiger partial charge in [-0.05, 0) is 27.2 Å². The minimum atomic E-state index is -0.484. The molecule has 1 amide bonds. The standard InChI is InChI=1S/C13H28N4O.HI/c1-6-8-9-16-12(15-7-2)17-10-13(3,4)11(18)14-5;/h6-10H2,1-5H3,(H,14,18)(H2,15,16,17);1H. The number of aliphatic imine (C=N–C) groups is 1. The fourth-order valence-corrected chi connectivity index (χ4v) is 1.41. The fraction of sp³-hybridized carbons (Fsp3) is 0.846. The van der Waals surface area contributed by atoms with Gasteiger partial charge in [-0.2, -0.15) is 0 Å². The highest BCUT2D eigenvalue weighted by Crippen LogP contribution is 2.15. The molecule has 114 valence electrons. The Kier molecular flexibility index (Phi) is 12.4. The Labute approximate surface area is 134 Å². The van der Waals surface area contributed by atoms with Gasteiger partial charge in [-0.1, -0.05) is 13.3 Å². The maximum absolute atomic E-state index is 11.6. The Morgan fingerprint density at radius 2 is 1.84 bits per heavy atom. The number of nitrogens with one attached hydrogen (secondary N) is 3. The number of guanidine groups is 1. The molecule has 0 atom stereocenters. The lowest BCUT2D eigenvalue weighted by molar-refractivity contribution is -0.128. The van der Waals surface area contributed by atoms with E-state index >= 15 is 0 Å². The second-order valence-corrected chi connectivity index (χ2v) is 4.94. The van der Waals surface area contributed by atoms with E-state index in [0.717, 1.165) is 31.9 Å². The fourth-order valence-electron chi connectivity index (χ4n) is 1.41. The highest BCUT2D eigenvalue weighted by Gasteiger charge is 2.26. The van der Waals surface area contributed by atoms with Crippen molar-refractivity contribution in [2.75, 3.05) is 26.7 Å². The number of halogens is 1. The average molecular weight is 384 g/mol. The van der Waals surface area contributed by atoms with Crippen LogP contribution < -0.4 is 16.0 Å². The summed E-state index contributed by atoms with van der Waals surface area (Å²) in [6.45, 7) is 10.2. The molecule has 5 nitrogen and oxygen atoms in total. The van der Waals surface area contributed by atoms with E-state index in [4.69, 9.17) is 0 Å². The van der Waals surface area contributed by atoms with E-state index < -0.39 is 5.41 Å². The summed E-state index contributed by atoms with van der Waals surface area (Å²) in [7, 11) is 1.65. The number of hydrogen-bond donors (Lipinski definition) is 3. The molecule has 0 aliphatic rings. The molecule has 0 aromatic carbocycles. The molecule has 0 aromatic rings. The van der Waals surface area contributed by atoms with Gasteiger partial charge in [-0.15, -0.1) is 24.0 Å². The molecule has 0 spiro atoms. The molecule has 3 N–H and O–H groups in total. The van der Waals surface area contributed by atoms with Crippen LogP contribution in [0.25, 0.3) is 0 Å². The third kappa shape index (κ3) is 9.07. The first-order chi connectivity index (χ1) is 8.47. The van der Waals surface area contributed by atoms with Gasteiger partial charge >= 0.3 is 0 Å². The van der Waals surface area contributed by atoms with Crippen molar-refractivity contribution in [3.05, 3.63) is 0 Å². The lowest BCUT2D eigenvalue weighted by Gasteiger charge is -2.21. The highest BCUT2D eigenvalue weighted by molar-refractivity contribution is 14.0. The molecule has 0 fully saturated rings. The summed E-state index contributed by atoms with van der Waals surface area (Å²) >= 11 is 0. The molecule has 0 aliphatic carbocycles. The zero-order valence-electron chi connectivity index (χ0n) is 12.8. The third-order valence-corrected chi connectivity index (χ3v) is 2.64. The van der Waals surface area contributed by atoms with Crippen molar-refractivity contribution in [2.24, 2.45) is 10.4 Å². The summed E-state index contributed by atoms with van der Waals surface area (Å²) < 4.78 is 0. The number of hydrogen-bond acceptors (Lipinski definition) is 2. The second kappa shape index (κ2) is 11.3. The van der Waals surface area contributed by atoms with Gasteiger partial charge in [0.05, 0.1) is 12.0 Å². The van der Waals surface area contributed by atoms with Crippen LogP contribution in [0.3, 0.4) is 0 Å². The topological polar surface area (TPSA) is 65.5 Å². The Balaban J connectivity index is 0. The lowest BCUT2D eigenvalue weighted by atomic mass is 9.93. The Bertz CT molecular complexity index is 280. The van der Waals surface area contributed by atoms with Crippen molar-refractivity contribution in [1.82, 2.24) is 16.0 Å². The van der Waals surface area contributed by atoms with Gasteiger partial charge in [0.2, 0.25) is 5.91 Å². The van der Waals surface area contributed by atoms with Gasteiger partial charge < -0.3 is 16.0 Å². The predicted octanol–water partition coefficient (Wildman–Crippen LogP) is 1.73. The number of unbranched alkanes of at least 4 members (excludes halogenated alkanes) is 1. The molecule has 0 rings (SSSR count). The molecule has 6 heteroatoms. The van der Waals surface area contributed by atoms with E-state index in [1.807, 2.05) is 20.8 Å². The molecule has 0 saturated heterocycles. The van der Waals surface area contributed by atoms with E-state index in [2.05, 4.69) is 27.9 Å². The van der Waals surface area contributed by atoms with Crippen LogP contribution in [0.4, 0.5) is 0 Å². The third-order valence-electron chi connectivity index (χ3n) is 2.64. The maximum atomic E-state index is 11.6. The molecular formula is C13H29IN4O. The van der Waals surface area contributed by atoms with Crippen LogP contribution in [0.5, 0.6) is 0 Å². The summed E-state index contributed by atoms with van der Waals surface area (Å²) in [4.78, 5) is 16.1. The average Bonchev–Trinajstić information content (AvgIpc) is 2.35. The van der Waals surface area contributed by atoms with Crippen molar-refractivity contribution >= 4 is 35.8 Å². The monoisotopic (exact) mass is 384 g/mol. The van der Waals surface area contributed by atoms with E-state index in [9.17, 15) is 4.79 Å². The number of nitrogens with zero attached hydrogens (tertiary/aromatic N) is 1. The quantitative estimate of drug-likeness (QED) is 0.271. The summed E-state index contributed by atoms with van der Waals surface area (Å²) in [5.74, 6) is 0.790. The molecule has 19 heavy (non-hydrogen) atoms. The Morgan fingerprint density at radius 3 is 2.32 bits per heavy atom. The molecule has 0 aromatic heterocycles. The SMILES string of the molecule is CCCCNC(=NCC(C)(C)C(=O)NC)NCC.I. The van der Waals surface area contributed by atoms with Crippen molar-refractivity contribution < 1.29 is 4.79 Å². The molecular weight excluding hydrogens is 355 g/mol. The maximum Gasteiger partial charge on any atom is 0.227 e. The van der Waals surface area contributed by atoms with Crippen LogP contribution in [-0.4, -0.2) is 38.5 Å². The van der Waals surface area contributed by atoms with Crippen LogP contribution in [0.2, 0.25) is 0 Å². The number of carbonyl (C=O) groups is 1. The van der Waals surface area contributed by atoms with Gasteiger partial charge in [0.15, 0.2) is 5.96 Å². The van der Waals surface area contributed by atoms with Crippen molar-refractivity contribution in [1.29, 1.82) is 0 Å². The first-order valence-electron chi connectivity index (χ1n) is 6.72. The van der Waals surface area contributed by atoms with E-state index in [1.54, 1.807) is 7.05 Å². The molecule has 0 radical (unpaired) electrons. The van der Waals surface area contributed by atoms with E-state index in [1.165, 1.54) is 0 Å². The molecule has 0 saturated carbocycles. The predicted molar refractivity (Wildman–Crippen MR) is 92.2 cm³/mol. The molecule has 0 unspecified atom stereocenters. The van der Waals surface area contributed by atoms with Gasteiger partial charge in [-0.3, -0.25) is 9.79 Å². The van der Waals surface area contributed by atoms with Gasteiger partial charge in [0.25, 0.3) is 0 Å². The minimum Gasteiger partial charge on any atom is -0.359 e. The normalized spacial score (nSPS) is 11.5. The van der Waals surface area contributed by atoms with E-state index in [-0.39, 0.29) is 29.9 Å². The van der Waals surface area contributed by atoms with Crippen LogP contribution in [0.15, 0.2) is 4.99 Å². The zero-order valence-corrected chi connectivity index (χ0v) is 15.1. The van der Waals surface area contributed by atoms with Crippen molar-refractivity contribution in [2.45, 2.75) is 40.5 Å². The Hall–Kier alpha value is -0.530. The summed E-state index contributed by atoms with van der Waals surface area (Å²) in [5.41, 5.74) is -0.484. The number of amides is 1. The number of carbonyl (C=O) groups excluding carboxylic acids is 1. The highest BCUT2D eigenvalue weighted by atomic mass is 127. The van der Waals surface area contributed by atoms with Crippen LogP contribution >= 0.6 is 24.0 Å². The van der Waals surface area contributed by atoms with Crippen LogP contribution in [-0.2, 0) is 4.79 Å². The molecule has 0 aliphatic heterocycles. The summed E-state index contributed by atoms with van der Waals surface area (Å²) in [6, 6.07) is 0. The Morgan fingerprint density at radius 1 is 1.21 bits per heavy atom. The van der Waals surface area contributed by atoms with Crippen molar-refractivity contribution in [3.8, 4) is 0 Å². The number of rotatable bonds is 7. The first kappa shape index (κ1) is 20.8. The molecule has 0 heterocycles. The molecule has 0 bridgehead atoms. The zero-order chi connectivity index (χ0) is 14.0. The lowest BCUT2D eigenvalue weighted by Crippen LogP contribution is -2.41. The smallest absolute Gasteiger partial charge is 0.227 e.